The van der Waals surface area contributed by atoms with E-state index in [1.54, 1.807) is 0 Å². The van der Waals surface area contributed by atoms with E-state index in [4.69, 9.17) is 15.8 Å². The lowest BCUT2D eigenvalue weighted by molar-refractivity contribution is -0.148. The van der Waals surface area contributed by atoms with Gasteiger partial charge in [0, 0.05) is 12.6 Å². The van der Waals surface area contributed by atoms with Crippen LogP contribution in [0.3, 0.4) is 0 Å². The molecule has 0 saturated heterocycles. The summed E-state index contributed by atoms with van der Waals surface area (Å²) in [5.41, 5.74) is 9.97. The van der Waals surface area contributed by atoms with Gasteiger partial charge in [0.05, 0.1) is 0 Å². The zero-order chi connectivity index (χ0) is 23.1. The van der Waals surface area contributed by atoms with E-state index in [9.17, 15) is 9.90 Å². The van der Waals surface area contributed by atoms with Gasteiger partial charge in [-0.05, 0) is 60.2 Å². The molecule has 6 nitrogen and oxygen atoms in total. The molecule has 7 heteroatoms. The van der Waals surface area contributed by atoms with Crippen molar-refractivity contribution < 1.29 is 19.9 Å². The molecule has 0 aromatic heterocycles. The molecule has 1 aliphatic rings. The maximum absolute atomic E-state index is 11.8. The number of rotatable bonds is 12. The first-order valence-electron chi connectivity index (χ1n) is 11.6. The maximum atomic E-state index is 11.8. The standard InChI is InChI=1S/C25H35BN2O4/c1-2-18-5-9-20(10-6-18)21-11-7-19(8-12-21)17-28-23-15-22(16-23)25(27,24(29)30)13-3-4-14-26(31)32/h5-12,22-23,28,31-32H,2-4,13-17,27H2,1H3,(H,29,30). The highest BCUT2D eigenvalue weighted by molar-refractivity contribution is 6.40. The minimum Gasteiger partial charge on any atom is -0.480 e. The zero-order valence-corrected chi connectivity index (χ0v) is 18.8. The summed E-state index contributed by atoms with van der Waals surface area (Å²) in [5.74, 6) is -1.03. The molecule has 1 saturated carbocycles. The van der Waals surface area contributed by atoms with Crippen molar-refractivity contribution in [3.8, 4) is 11.1 Å². The van der Waals surface area contributed by atoms with Crippen LogP contribution in [0.15, 0.2) is 48.5 Å². The molecule has 0 bridgehead atoms. The van der Waals surface area contributed by atoms with Gasteiger partial charge in [-0.3, -0.25) is 4.79 Å². The molecule has 0 amide bonds. The van der Waals surface area contributed by atoms with E-state index >= 15 is 0 Å². The first-order chi connectivity index (χ1) is 15.3. The number of carboxylic acid groups (broad SMARTS) is 1. The summed E-state index contributed by atoms with van der Waals surface area (Å²) in [4.78, 5) is 11.8. The molecule has 2 aromatic carbocycles. The van der Waals surface area contributed by atoms with E-state index in [0.29, 0.717) is 19.3 Å². The zero-order valence-electron chi connectivity index (χ0n) is 18.8. The van der Waals surface area contributed by atoms with Crippen LogP contribution in [0.5, 0.6) is 0 Å². The van der Waals surface area contributed by atoms with Crippen LogP contribution in [0.2, 0.25) is 6.32 Å². The van der Waals surface area contributed by atoms with Gasteiger partial charge in [0.1, 0.15) is 5.54 Å². The summed E-state index contributed by atoms with van der Waals surface area (Å²) in [6, 6.07) is 17.5. The minimum atomic E-state index is -1.35. The SMILES string of the molecule is CCc1ccc(-c2ccc(CNC3CC(C(N)(CCCCB(O)O)C(=O)O)C3)cc2)cc1. The van der Waals surface area contributed by atoms with Crippen LogP contribution in [0.4, 0.5) is 0 Å². The second-order valence-corrected chi connectivity index (χ2v) is 9.07. The van der Waals surface area contributed by atoms with Crippen LogP contribution in [0.1, 0.15) is 50.2 Å². The van der Waals surface area contributed by atoms with Crippen molar-refractivity contribution in [2.24, 2.45) is 11.7 Å². The van der Waals surface area contributed by atoms with E-state index in [1.165, 1.54) is 22.3 Å². The normalized spacial score (nSPS) is 19.8. The predicted molar refractivity (Wildman–Crippen MR) is 128 cm³/mol. The summed E-state index contributed by atoms with van der Waals surface area (Å²) >= 11 is 0. The van der Waals surface area contributed by atoms with E-state index in [0.717, 1.165) is 25.8 Å². The molecule has 3 rings (SSSR count). The van der Waals surface area contributed by atoms with Gasteiger partial charge in [0.2, 0.25) is 0 Å². The molecule has 0 aliphatic heterocycles. The Morgan fingerprint density at radius 2 is 1.59 bits per heavy atom. The molecule has 1 unspecified atom stereocenters. The number of nitrogens with one attached hydrogen (secondary N) is 1. The fraction of sp³-hybridized carbons (Fsp3) is 0.480. The number of aryl methyl sites for hydroxylation is 1. The average Bonchev–Trinajstić information content (AvgIpc) is 2.76. The van der Waals surface area contributed by atoms with Crippen molar-refractivity contribution in [1.82, 2.24) is 5.32 Å². The van der Waals surface area contributed by atoms with Crippen LogP contribution in [-0.2, 0) is 17.8 Å². The summed E-state index contributed by atoms with van der Waals surface area (Å²) in [5, 5.41) is 31.1. The summed E-state index contributed by atoms with van der Waals surface area (Å²) in [6.45, 7) is 2.90. The number of hydrogen-bond donors (Lipinski definition) is 5. The molecule has 32 heavy (non-hydrogen) atoms. The van der Waals surface area contributed by atoms with E-state index in [1.807, 2.05) is 0 Å². The molecule has 0 spiro atoms. The molecule has 1 atom stereocenters. The number of carboxylic acids is 1. The lowest BCUT2D eigenvalue weighted by Gasteiger charge is -2.45. The first-order valence-corrected chi connectivity index (χ1v) is 11.6. The van der Waals surface area contributed by atoms with Crippen molar-refractivity contribution in [3.05, 3.63) is 59.7 Å². The van der Waals surface area contributed by atoms with Gasteiger partial charge in [-0.15, -0.1) is 0 Å². The van der Waals surface area contributed by atoms with Crippen LogP contribution in [-0.4, -0.2) is 39.8 Å². The second kappa shape index (κ2) is 11.1. The Balaban J connectivity index is 1.45. The highest BCUT2D eigenvalue weighted by Crippen LogP contribution is 2.38. The summed E-state index contributed by atoms with van der Waals surface area (Å²) in [6.07, 6.45) is 4.25. The Hall–Kier alpha value is -2.19. The molecule has 0 radical (unpaired) electrons. The number of carbonyl (C=O) groups is 1. The van der Waals surface area contributed by atoms with Crippen LogP contribution in [0, 0.1) is 5.92 Å². The second-order valence-electron chi connectivity index (χ2n) is 9.07. The highest BCUT2D eigenvalue weighted by atomic mass is 16.4. The van der Waals surface area contributed by atoms with E-state index in [2.05, 4.69) is 60.8 Å². The molecule has 1 aliphatic carbocycles. The van der Waals surface area contributed by atoms with E-state index < -0.39 is 18.6 Å². The molecule has 1 fully saturated rings. The molecular formula is C25H35BN2O4. The maximum Gasteiger partial charge on any atom is 0.451 e. The fourth-order valence-electron chi connectivity index (χ4n) is 4.45. The minimum absolute atomic E-state index is 0.0648. The highest BCUT2D eigenvalue weighted by Gasteiger charge is 2.48. The number of nitrogens with two attached hydrogens (primary N) is 1. The number of benzene rings is 2. The van der Waals surface area contributed by atoms with Crippen LogP contribution >= 0.6 is 0 Å². The average molecular weight is 438 g/mol. The third kappa shape index (κ3) is 6.20. The van der Waals surface area contributed by atoms with E-state index in [-0.39, 0.29) is 18.3 Å². The topological polar surface area (TPSA) is 116 Å². The van der Waals surface area contributed by atoms with Crippen LogP contribution < -0.4 is 11.1 Å². The first kappa shape index (κ1) is 24.5. The molecule has 172 valence electrons. The predicted octanol–water partition coefficient (Wildman–Crippen LogP) is 3.21. The van der Waals surface area contributed by atoms with Gasteiger partial charge >= 0.3 is 13.1 Å². The third-order valence-electron chi connectivity index (χ3n) is 6.81. The van der Waals surface area contributed by atoms with Gasteiger partial charge in [0.15, 0.2) is 0 Å². The monoisotopic (exact) mass is 438 g/mol. The Bertz CT molecular complexity index is 867. The van der Waals surface area contributed by atoms with Crippen molar-refractivity contribution in [1.29, 1.82) is 0 Å². The van der Waals surface area contributed by atoms with Gasteiger partial charge < -0.3 is 26.2 Å². The van der Waals surface area contributed by atoms with Gasteiger partial charge in [0.25, 0.3) is 0 Å². The largest absolute Gasteiger partial charge is 0.480 e. The molecule has 2 aromatic rings. The van der Waals surface area contributed by atoms with Crippen LogP contribution in [0.25, 0.3) is 11.1 Å². The number of unbranched alkanes of at least 4 members (excludes halogenated alkanes) is 1. The molecular weight excluding hydrogens is 403 g/mol. The smallest absolute Gasteiger partial charge is 0.451 e. The lowest BCUT2D eigenvalue weighted by atomic mass is 9.66. The quantitative estimate of drug-likeness (QED) is 0.257. The Morgan fingerprint density at radius 1 is 1.03 bits per heavy atom. The Morgan fingerprint density at radius 3 is 2.09 bits per heavy atom. The van der Waals surface area contributed by atoms with Gasteiger partial charge in [-0.2, -0.15) is 0 Å². The van der Waals surface area contributed by atoms with Gasteiger partial charge in [-0.25, -0.2) is 0 Å². The van der Waals surface area contributed by atoms with Crippen molar-refractivity contribution in [3.63, 3.8) is 0 Å². The summed E-state index contributed by atoms with van der Waals surface area (Å²) < 4.78 is 0. The Labute approximate surface area is 191 Å². The molecule has 6 N–H and O–H groups in total. The van der Waals surface area contributed by atoms with Crippen molar-refractivity contribution in [2.75, 3.05) is 0 Å². The number of aliphatic carboxylic acids is 1. The van der Waals surface area contributed by atoms with Crippen molar-refractivity contribution >= 4 is 13.1 Å². The molecule has 0 heterocycles. The fourth-order valence-corrected chi connectivity index (χ4v) is 4.45. The van der Waals surface area contributed by atoms with Crippen molar-refractivity contribution in [2.45, 2.75) is 69.9 Å². The summed E-state index contributed by atoms with van der Waals surface area (Å²) in [7, 11) is -1.35. The number of hydrogen-bond acceptors (Lipinski definition) is 5. The lowest BCUT2D eigenvalue weighted by Crippen LogP contribution is -2.61. The Kier molecular flexibility index (Phi) is 8.48. The third-order valence-corrected chi connectivity index (χ3v) is 6.81. The van der Waals surface area contributed by atoms with Gasteiger partial charge in [-0.1, -0.05) is 68.3 Å².